The number of benzene rings is 1. The van der Waals surface area contributed by atoms with Gasteiger partial charge in [-0.3, -0.25) is 4.79 Å². The summed E-state index contributed by atoms with van der Waals surface area (Å²) < 4.78 is 16.6. The number of nitrogens with zero attached hydrogens (tertiary/aromatic N) is 1. The minimum atomic E-state index is 0.149. The number of ether oxygens (including phenoxy) is 3. The van der Waals surface area contributed by atoms with E-state index >= 15 is 0 Å². The fourth-order valence-electron chi connectivity index (χ4n) is 2.89. The van der Waals surface area contributed by atoms with Crippen LogP contribution in [0.1, 0.15) is 25.3 Å². The molecule has 1 aromatic rings. The molecule has 120 valence electrons. The molecule has 0 aromatic heterocycles. The monoisotopic (exact) mass is 305 g/mol. The van der Waals surface area contributed by atoms with E-state index in [0.717, 1.165) is 24.3 Å². The summed E-state index contributed by atoms with van der Waals surface area (Å²) in [5.41, 5.74) is 1.19. The second kappa shape index (κ2) is 7.01. The Bertz CT molecular complexity index is 531. The molecule has 0 aliphatic carbocycles. The van der Waals surface area contributed by atoms with E-state index in [0.29, 0.717) is 39.3 Å². The van der Waals surface area contributed by atoms with Crippen LogP contribution in [0.2, 0.25) is 0 Å². The molecule has 5 heteroatoms. The highest BCUT2D eigenvalue weighted by Gasteiger charge is 2.20. The van der Waals surface area contributed by atoms with Gasteiger partial charge >= 0.3 is 0 Å². The maximum absolute atomic E-state index is 12.2. The van der Waals surface area contributed by atoms with E-state index in [1.54, 1.807) is 0 Å². The fraction of sp³-hybridized carbons (Fsp3) is 0.588. The normalized spacial score (nSPS) is 20.8. The summed E-state index contributed by atoms with van der Waals surface area (Å²) in [6.45, 7) is 5.29. The number of aryl methyl sites for hydroxylation is 1. The van der Waals surface area contributed by atoms with Gasteiger partial charge in [0, 0.05) is 19.5 Å². The summed E-state index contributed by atoms with van der Waals surface area (Å²) in [6.07, 6.45) is 2.46. The third kappa shape index (κ3) is 3.71. The molecule has 1 saturated heterocycles. The molecule has 2 aliphatic rings. The van der Waals surface area contributed by atoms with Crippen molar-refractivity contribution in [2.45, 2.75) is 32.3 Å². The lowest BCUT2D eigenvalue weighted by molar-refractivity contribution is -0.138. The topological polar surface area (TPSA) is 48.0 Å². The van der Waals surface area contributed by atoms with Crippen LogP contribution in [0.5, 0.6) is 11.5 Å². The Balaban J connectivity index is 1.47. The fourth-order valence-corrected chi connectivity index (χ4v) is 2.89. The van der Waals surface area contributed by atoms with Crippen molar-refractivity contribution in [3.8, 4) is 11.5 Å². The van der Waals surface area contributed by atoms with Crippen LogP contribution in [-0.2, 0) is 16.0 Å². The largest absolute Gasteiger partial charge is 0.486 e. The minimum Gasteiger partial charge on any atom is -0.486 e. The van der Waals surface area contributed by atoms with Crippen molar-refractivity contribution < 1.29 is 19.0 Å². The molecule has 1 amide bonds. The third-order valence-corrected chi connectivity index (χ3v) is 4.06. The van der Waals surface area contributed by atoms with Crippen LogP contribution in [0.3, 0.4) is 0 Å². The average molecular weight is 305 g/mol. The highest BCUT2D eigenvalue weighted by molar-refractivity contribution is 5.76. The van der Waals surface area contributed by atoms with Gasteiger partial charge in [-0.25, -0.2) is 0 Å². The van der Waals surface area contributed by atoms with Crippen molar-refractivity contribution in [1.82, 2.24) is 4.90 Å². The summed E-state index contributed by atoms with van der Waals surface area (Å²) in [4.78, 5) is 14.1. The Morgan fingerprint density at radius 2 is 2.05 bits per heavy atom. The van der Waals surface area contributed by atoms with Crippen LogP contribution in [0, 0.1) is 0 Å². The quantitative estimate of drug-likeness (QED) is 0.854. The van der Waals surface area contributed by atoms with Crippen LogP contribution < -0.4 is 9.47 Å². The smallest absolute Gasteiger partial charge is 0.222 e. The molecule has 1 atom stereocenters. The maximum atomic E-state index is 12.2. The lowest BCUT2D eigenvalue weighted by Gasteiger charge is -2.31. The van der Waals surface area contributed by atoms with E-state index in [1.165, 1.54) is 5.56 Å². The Kier molecular flexibility index (Phi) is 4.83. The van der Waals surface area contributed by atoms with E-state index in [9.17, 15) is 4.79 Å². The number of morpholine rings is 1. The van der Waals surface area contributed by atoms with E-state index in [1.807, 2.05) is 24.0 Å². The molecule has 5 nitrogen and oxygen atoms in total. The van der Waals surface area contributed by atoms with Gasteiger partial charge in [-0.05, 0) is 37.5 Å². The molecular formula is C17H23NO4. The van der Waals surface area contributed by atoms with E-state index in [-0.39, 0.29) is 12.0 Å². The molecule has 22 heavy (non-hydrogen) atoms. The molecule has 0 radical (unpaired) electrons. The predicted octanol–water partition coefficient (Wildman–Crippen LogP) is 2.03. The number of amides is 1. The van der Waals surface area contributed by atoms with Crippen molar-refractivity contribution in [3.05, 3.63) is 23.8 Å². The first-order chi connectivity index (χ1) is 10.7. The third-order valence-electron chi connectivity index (χ3n) is 4.06. The van der Waals surface area contributed by atoms with Crippen molar-refractivity contribution >= 4 is 5.91 Å². The van der Waals surface area contributed by atoms with Crippen LogP contribution in [-0.4, -0.2) is 49.8 Å². The second-order valence-electron chi connectivity index (χ2n) is 5.85. The van der Waals surface area contributed by atoms with E-state index < -0.39 is 0 Å². The molecule has 0 N–H and O–H groups in total. The van der Waals surface area contributed by atoms with Gasteiger partial charge in [0.25, 0.3) is 0 Å². The molecule has 0 bridgehead atoms. The highest BCUT2D eigenvalue weighted by Crippen LogP contribution is 2.31. The second-order valence-corrected chi connectivity index (χ2v) is 5.85. The number of hydrogen-bond donors (Lipinski definition) is 0. The molecule has 3 rings (SSSR count). The number of fused-ring (bicyclic) bond motifs is 1. The van der Waals surface area contributed by atoms with Crippen LogP contribution in [0.4, 0.5) is 0 Å². The van der Waals surface area contributed by atoms with Gasteiger partial charge in [-0.1, -0.05) is 6.07 Å². The Labute approximate surface area is 131 Å². The zero-order chi connectivity index (χ0) is 15.4. The summed E-state index contributed by atoms with van der Waals surface area (Å²) in [7, 11) is 0. The summed E-state index contributed by atoms with van der Waals surface area (Å²) in [5.74, 6) is 1.86. The van der Waals surface area contributed by atoms with E-state index in [2.05, 4.69) is 6.07 Å². The van der Waals surface area contributed by atoms with Gasteiger partial charge in [-0.2, -0.15) is 0 Å². The van der Waals surface area contributed by atoms with Gasteiger partial charge < -0.3 is 19.1 Å². The number of carbonyl (C=O) groups excluding carboxylic acids is 1. The molecular weight excluding hydrogens is 282 g/mol. The summed E-state index contributed by atoms with van der Waals surface area (Å²) >= 11 is 0. The van der Waals surface area contributed by atoms with Crippen LogP contribution >= 0.6 is 0 Å². The number of carbonyl (C=O) groups is 1. The first-order valence-electron chi connectivity index (χ1n) is 8.00. The summed E-state index contributed by atoms with van der Waals surface area (Å²) in [5, 5.41) is 0. The molecule has 2 aliphatic heterocycles. The average Bonchev–Trinajstić information content (AvgIpc) is 2.54. The number of hydrogen-bond acceptors (Lipinski definition) is 4. The Hall–Kier alpha value is -1.75. The lowest BCUT2D eigenvalue weighted by atomic mass is 10.1. The van der Waals surface area contributed by atoms with Gasteiger partial charge in [-0.15, -0.1) is 0 Å². The van der Waals surface area contributed by atoms with Crippen molar-refractivity contribution in [2.24, 2.45) is 0 Å². The molecule has 0 saturated carbocycles. The standard InChI is InChI=1S/C17H23NO4/c1-13-12-18(7-8-20-13)17(19)4-2-3-14-5-6-15-16(11-14)22-10-9-21-15/h5-6,11,13H,2-4,7-10,12H2,1H3. The molecule has 2 heterocycles. The molecule has 1 fully saturated rings. The molecule has 1 unspecified atom stereocenters. The lowest BCUT2D eigenvalue weighted by Crippen LogP contribution is -2.44. The molecule has 1 aromatic carbocycles. The molecule has 0 spiro atoms. The first kappa shape index (κ1) is 15.2. The minimum absolute atomic E-state index is 0.149. The zero-order valence-corrected chi connectivity index (χ0v) is 13.0. The van der Waals surface area contributed by atoms with Gasteiger partial charge in [0.15, 0.2) is 11.5 Å². The summed E-state index contributed by atoms with van der Waals surface area (Å²) in [6, 6.07) is 6.03. The van der Waals surface area contributed by atoms with Crippen molar-refractivity contribution in [3.63, 3.8) is 0 Å². The first-order valence-corrected chi connectivity index (χ1v) is 8.00. The van der Waals surface area contributed by atoms with Crippen LogP contribution in [0.15, 0.2) is 18.2 Å². The Morgan fingerprint density at radius 1 is 1.23 bits per heavy atom. The van der Waals surface area contributed by atoms with Gasteiger partial charge in [0.1, 0.15) is 13.2 Å². The van der Waals surface area contributed by atoms with Crippen molar-refractivity contribution in [2.75, 3.05) is 32.9 Å². The van der Waals surface area contributed by atoms with Crippen molar-refractivity contribution in [1.29, 1.82) is 0 Å². The predicted molar refractivity (Wildman–Crippen MR) is 82.4 cm³/mol. The zero-order valence-electron chi connectivity index (χ0n) is 13.0. The van der Waals surface area contributed by atoms with Gasteiger partial charge in [0.2, 0.25) is 5.91 Å². The highest BCUT2D eigenvalue weighted by atomic mass is 16.6. The van der Waals surface area contributed by atoms with Gasteiger partial charge in [0.05, 0.1) is 12.7 Å². The Morgan fingerprint density at radius 3 is 2.86 bits per heavy atom. The van der Waals surface area contributed by atoms with Crippen LogP contribution in [0.25, 0.3) is 0 Å². The number of rotatable bonds is 4. The SMILES string of the molecule is CC1CN(C(=O)CCCc2ccc3c(c2)OCCO3)CCO1. The van der Waals surface area contributed by atoms with E-state index in [4.69, 9.17) is 14.2 Å². The maximum Gasteiger partial charge on any atom is 0.222 e.